The van der Waals surface area contributed by atoms with Crippen LogP contribution in [0.4, 0.5) is 0 Å². The summed E-state index contributed by atoms with van der Waals surface area (Å²) >= 11 is 0. The van der Waals surface area contributed by atoms with Crippen molar-refractivity contribution in [2.45, 2.75) is 51.4 Å². The van der Waals surface area contributed by atoms with E-state index < -0.39 is 0 Å². The summed E-state index contributed by atoms with van der Waals surface area (Å²) in [5.41, 5.74) is 0. The molecule has 0 aromatic carbocycles. The third kappa shape index (κ3) is 2.74. The van der Waals surface area contributed by atoms with E-state index in [4.69, 9.17) is 4.74 Å². The van der Waals surface area contributed by atoms with Crippen LogP contribution in [0.3, 0.4) is 0 Å². The third-order valence-electron chi connectivity index (χ3n) is 3.34. The molecular weight excluding hydrogens is 204 g/mol. The van der Waals surface area contributed by atoms with Crippen molar-refractivity contribution in [2.24, 2.45) is 0 Å². The van der Waals surface area contributed by atoms with Crippen molar-refractivity contribution < 1.29 is 9.53 Å². The molecule has 0 aliphatic carbocycles. The van der Waals surface area contributed by atoms with E-state index in [9.17, 15) is 4.79 Å². The van der Waals surface area contributed by atoms with Gasteiger partial charge in [-0.1, -0.05) is 6.42 Å². The van der Waals surface area contributed by atoms with Crippen LogP contribution in [0, 0.1) is 0 Å². The molecule has 4 heteroatoms. The van der Waals surface area contributed by atoms with Crippen LogP contribution in [-0.4, -0.2) is 48.7 Å². The fourth-order valence-corrected chi connectivity index (χ4v) is 2.64. The van der Waals surface area contributed by atoms with Gasteiger partial charge in [-0.2, -0.15) is 0 Å². The first-order valence-electron chi connectivity index (χ1n) is 6.34. The summed E-state index contributed by atoms with van der Waals surface area (Å²) in [6, 6.07) is 0.0475. The highest BCUT2D eigenvalue weighted by atomic mass is 16.5. The lowest BCUT2D eigenvalue weighted by Gasteiger charge is -2.38. The lowest BCUT2D eigenvalue weighted by atomic mass is 10.0. The number of rotatable bonds is 1. The quantitative estimate of drug-likeness (QED) is 0.718. The Kier molecular flexibility index (Phi) is 3.82. The van der Waals surface area contributed by atoms with E-state index >= 15 is 0 Å². The Morgan fingerprint density at radius 3 is 2.50 bits per heavy atom. The molecule has 0 spiro atoms. The molecule has 2 fully saturated rings. The number of hydrogen-bond acceptors (Lipinski definition) is 3. The lowest BCUT2D eigenvalue weighted by Crippen LogP contribution is -2.55. The van der Waals surface area contributed by atoms with E-state index in [1.165, 1.54) is 12.8 Å². The second-order valence-corrected chi connectivity index (χ2v) is 5.00. The molecular formula is C12H22N2O2. The zero-order valence-electron chi connectivity index (χ0n) is 10.2. The minimum atomic E-state index is 0.0475. The average molecular weight is 226 g/mol. The van der Waals surface area contributed by atoms with Crippen molar-refractivity contribution in [3.8, 4) is 0 Å². The molecule has 2 aliphatic rings. The Morgan fingerprint density at radius 2 is 1.94 bits per heavy atom. The number of nitrogens with one attached hydrogen (secondary N) is 1. The Bertz CT molecular complexity index is 241. The summed E-state index contributed by atoms with van der Waals surface area (Å²) in [5, 5.41) is 3.31. The number of nitrogens with zero attached hydrogens (tertiary/aromatic N) is 1. The van der Waals surface area contributed by atoms with Gasteiger partial charge in [0.1, 0.15) is 0 Å². The van der Waals surface area contributed by atoms with Crippen LogP contribution in [-0.2, 0) is 9.53 Å². The van der Waals surface area contributed by atoms with Crippen molar-refractivity contribution in [2.75, 3.05) is 19.6 Å². The number of carbonyl (C=O) groups excluding carboxylic acids is 1. The number of hydrogen-bond donors (Lipinski definition) is 1. The molecule has 1 N–H and O–H groups in total. The van der Waals surface area contributed by atoms with E-state index in [2.05, 4.69) is 5.32 Å². The van der Waals surface area contributed by atoms with E-state index in [1.807, 2.05) is 18.7 Å². The predicted octanol–water partition coefficient (Wildman–Crippen LogP) is 0.764. The van der Waals surface area contributed by atoms with Gasteiger partial charge in [-0.05, 0) is 33.2 Å². The first kappa shape index (κ1) is 11.9. The van der Waals surface area contributed by atoms with Crippen molar-refractivity contribution in [3.63, 3.8) is 0 Å². The van der Waals surface area contributed by atoms with E-state index in [1.54, 1.807) is 0 Å². The molecule has 2 saturated heterocycles. The van der Waals surface area contributed by atoms with Crippen LogP contribution in [0.15, 0.2) is 0 Å². The average Bonchev–Trinajstić information content (AvgIpc) is 2.28. The smallest absolute Gasteiger partial charge is 0.239 e. The molecule has 0 aromatic heterocycles. The second kappa shape index (κ2) is 5.15. The highest BCUT2D eigenvalue weighted by Gasteiger charge is 2.30. The third-order valence-corrected chi connectivity index (χ3v) is 3.34. The Hall–Kier alpha value is -0.610. The largest absolute Gasteiger partial charge is 0.372 e. The van der Waals surface area contributed by atoms with Crippen molar-refractivity contribution in [1.29, 1.82) is 0 Å². The highest BCUT2D eigenvalue weighted by Crippen LogP contribution is 2.15. The summed E-state index contributed by atoms with van der Waals surface area (Å²) in [6.07, 6.45) is 3.67. The molecule has 0 radical (unpaired) electrons. The van der Waals surface area contributed by atoms with Gasteiger partial charge in [-0.3, -0.25) is 4.79 Å². The van der Waals surface area contributed by atoms with Gasteiger partial charge in [0.2, 0.25) is 5.91 Å². The number of ether oxygens (including phenoxy) is 1. The van der Waals surface area contributed by atoms with Gasteiger partial charge in [0.15, 0.2) is 0 Å². The second-order valence-electron chi connectivity index (χ2n) is 5.00. The molecule has 92 valence electrons. The molecule has 1 amide bonds. The molecule has 2 rings (SSSR count). The van der Waals surface area contributed by atoms with Crippen LogP contribution in [0.2, 0.25) is 0 Å². The van der Waals surface area contributed by atoms with Gasteiger partial charge in [0.25, 0.3) is 0 Å². The van der Waals surface area contributed by atoms with Crippen LogP contribution in [0.25, 0.3) is 0 Å². The SMILES string of the molecule is CC1CN(C(=O)[C@H]2CCCCN2)CC(C)O1. The minimum absolute atomic E-state index is 0.0475. The van der Waals surface area contributed by atoms with E-state index in [0.29, 0.717) is 0 Å². The maximum atomic E-state index is 12.3. The topological polar surface area (TPSA) is 41.6 Å². The molecule has 0 saturated carbocycles. The summed E-state index contributed by atoms with van der Waals surface area (Å²) in [6.45, 7) is 6.52. The molecule has 4 nitrogen and oxygen atoms in total. The summed E-state index contributed by atoms with van der Waals surface area (Å²) in [7, 11) is 0. The number of amides is 1. The van der Waals surface area contributed by atoms with E-state index in [0.717, 1.165) is 26.1 Å². The van der Waals surface area contributed by atoms with E-state index in [-0.39, 0.29) is 24.2 Å². The zero-order chi connectivity index (χ0) is 11.5. The Balaban J connectivity index is 1.92. The maximum absolute atomic E-state index is 12.3. The highest BCUT2D eigenvalue weighted by molar-refractivity contribution is 5.82. The summed E-state index contributed by atoms with van der Waals surface area (Å²) in [5.74, 6) is 0.265. The molecule has 3 atom stereocenters. The lowest BCUT2D eigenvalue weighted by molar-refractivity contribution is -0.145. The molecule has 0 bridgehead atoms. The summed E-state index contributed by atoms with van der Waals surface area (Å²) < 4.78 is 5.64. The fraction of sp³-hybridized carbons (Fsp3) is 0.917. The van der Waals surface area contributed by atoms with Crippen molar-refractivity contribution >= 4 is 5.91 Å². The van der Waals surface area contributed by atoms with Gasteiger partial charge in [-0.15, -0.1) is 0 Å². The van der Waals surface area contributed by atoms with Crippen LogP contribution >= 0.6 is 0 Å². The van der Waals surface area contributed by atoms with Gasteiger partial charge in [0, 0.05) is 13.1 Å². The van der Waals surface area contributed by atoms with Crippen LogP contribution in [0.5, 0.6) is 0 Å². The fourth-order valence-electron chi connectivity index (χ4n) is 2.64. The molecule has 2 unspecified atom stereocenters. The Morgan fingerprint density at radius 1 is 1.25 bits per heavy atom. The van der Waals surface area contributed by atoms with Gasteiger partial charge in [-0.25, -0.2) is 0 Å². The Labute approximate surface area is 97.3 Å². The van der Waals surface area contributed by atoms with Crippen LogP contribution < -0.4 is 5.32 Å². The predicted molar refractivity (Wildman–Crippen MR) is 62.2 cm³/mol. The standard InChI is InChI=1S/C12H22N2O2/c1-9-7-14(8-10(2)16-9)12(15)11-5-3-4-6-13-11/h9-11,13H,3-8H2,1-2H3/t9?,10?,11-/m1/s1. The monoisotopic (exact) mass is 226 g/mol. The zero-order valence-corrected chi connectivity index (χ0v) is 10.2. The first-order chi connectivity index (χ1) is 7.66. The number of carbonyl (C=O) groups is 1. The molecule has 2 aliphatic heterocycles. The molecule has 0 aromatic rings. The summed E-state index contributed by atoms with van der Waals surface area (Å²) in [4.78, 5) is 14.2. The minimum Gasteiger partial charge on any atom is -0.372 e. The number of morpholine rings is 1. The normalized spacial score (nSPS) is 36.1. The van der Waals surface area contributed by atoms with Gasteiger partial charge >= 0.3 is 0 Å². The first-order valence-corrected chi connectivity index (χ1v) is 6.34. The maximum Gasteiger partial charge on any atom is 0.239 e. The molecule has 2 heterocycles. The molecule has 16 heavy (non-hydrogen) atoms. The van der Waals surface area contributed by atoms with Gasteiger partial charge < -0.3 is 15.0 Å². The van der Waals surface area contributed by atoms with Crippen LogP contribution in [0.1, 0.15) is 33.1 Å². The van der Waals surface area contributed by atoms with Gasteiger partial charge in [0.05, 0.1) is 18.2 Å². The van der Waals surface area contributed by atoms with Crippen molar-refractivity contribution in [1.82, 2.24) is 10.2 Å². The van der Waals surface area contributed by atoms with Crippen molar-refractivity contribution in [3.05, 3.63) is 0 Å². The number of piperidine rings is 1.